The normalized spacial score (nSPS) is 24.0. The highest BCUT2D eigenvalue weighted by atomic mass is 19.3. The highest BCUT2D eigenvalue weighted by Gasteiger charge is 2.45. The molecule has 0 aromatic carbocycles. The van der Waals surface area contributed by atoms with Crippen molar-refractivity contribution in [1.82, 2.24) is 4.90 Å². The molecule has 1 unspecified atom stereocenters. The van der Waals surface area contributed by atoms with Gasteiger partial charge in [-0.15, -0.1) is 6.42 Å². The molecule has 0 N–H and O–H groups in total. The second kappa shape index (κ2) is 5.11. The highest BCUT2D eigenvalue weighted by molar-refractivity contribution is 5.68. The van der Waals surface area contributed by atoms with Crippen LogP contribution in [0.25, 0.3) is 0 Å². The van der Waals surface area contributed by atoms with Crippen molar-refractivity contribution < 1.29 is 23.0 Å². The third-order valence-electron chi connectivity index (χ3n) is 2.23. The molecule has 4 nitrogen and oxygen atoms in total. The highest BCUT2D eigenvalue weighted by Crippen LogP contribution is 2.25. The van der Waals surface area contributed by atoms with Crippen molar-refractivity contribution in [3.63, 3.8) is 0 Å². The fraction of sp³-hybridized carbons (Fsp3) is 0.750. The van der Waals surface area contributed by atoms with Gasteiger partial charge in [0.15, 0.2) is 6.10 Å². The maximum absolute atomic E-state index is 13.7. The summed E-state index contributed by atoms with van der Waals surface area (Å²) >= 11 is 0. The van der Waals surface area contributed by atoms with Gasteiger partial charge in [-0.3, -0.25) is 4.90 Å². The molecule has 102 valence electrons. The van der Waals surface area contributed by atoms with Crippen LogP contribution in [-0.4, -0.2) is 48.3 Å². The van der Waals surface area contributed by atoms with E-state index in [0.717, 1.165) is 4.90 Å². The molecule has 0 aromatic heterocycles. The average molecular weight is 261 g/mol. The maximum Gasteiger partial charge on any atom is 0.410 e. The van der Waals surface area contributed by atoms with Gasteiger partial charge < -0.3 is 9.47 Å². The van der Waals surface area contributed by atoms with Crippen molar-refractivity contribution in [2.45, 2.75) is 38.4 Å². The van der Waals surface area contributed by atoms with E-state index in [1.807, 2.05) is 5.92 Å². The number of carbonyl (C=O) groups excluding carboxylic acids is 1. The van der Waals surface area contributed by atoms with Crippen LogP contribution in [0.2, 0.25) is 0 Å². The van der Waals surface area contributed by atoms with E-state index in [-0.39, 0.29) is 13.2 Å². The molecule has 1 rings (SSSR count). The summed E-state index contributed by atoms with van der Waals surface area (Å²) in [5, 5.41) is 0. The molecule has 0 saturated carbocycles. The number of amides is 1. The zero-order chi connectivity index (χ0) is 14.0. The molecule has 0 aliphatic carbocycles. The van der Waals surface area contributed by atoms with Gasteiger partial charge in [-0.25, -0.2) is 13.6 Å². The van der Waals surface area contributed by atoms with Gasteiger partial charge >= 0.3 is 12.0 Å². The van der Waals surface area contributed by atoms with Gasteiger partial charge in [0.1, 0.15) is 5.60 Å². The fourth-order valence-electron chi connectivity index (χ4n) is 1.47. The number of ether oxygens (including phenoxy) is 2. The van der Waals surface area contributed by atoms with Gasteiger partial charge in [0.05, 0.1) is 13.2 Å². The van der Waals surface area contributed by atoms with Crippen molar-refractivity contribution >= 4 is 6.09 Å². The van der Waals surface area contributed by atoms with E-state index < -0.39 is 30.3 Å². The summed E-state index contributed by atoms with van der Waals surface area (Å²) in [4.78, 5) is 12.6. The lowest BCUT2D eigenvalue weighted by Gasteiger charge is -2.28. The Labute approximate surface area is 105 Å². The Kier molecular flexibility index (Phi) is 4.17. The topological polar surface area (TPSA) is 38.8 Å². The van der Waals surface area contributed by atoms with Crippen LogP contribution in [0.3, 0.4) is 0 Å². The number of halogens is 2. The Balaban J connectivity index is 2.75. The van der Waals surface area contributed by atoms with Gasteiger partial charge in [-0.05, 0) is 20.8 Å². The van der Waals surface area contributed by atoms with E-state index in [1.165, 1.54) is 0 Å². The van der Waals surface area contributed by atoms with Crippen LogP contribution in [0.5, 0.6) is 0 Å². The molecule has 1 aliphatic rings. The summed E-state index contributed by atoms with van der Waals surface area (Å²) in [6.07, 6.45) is 2.59. The second-order valence-electron chi connectivity index (χ2n) is 5.08. The van der Waals surface area contributed by atoms with Crippen molar-refractivity contribution in [2.24, 2.45) is 0 Å². The number of rotatable bonds is 0. The first-order valence-electron chi connectivity index (χ1n) is 5.59. The molecular weight excluding hydrogens is 244 g/mol. The third-order valence-corrected chi connectivity index (χ3v) is 2.23. The van der Waals surface area contributed by atoms with E-state index in [4.69, 9.17) is 15.9 Å². The summed E-state index contributed by atoms with van der Waals surface area (Å²) < 4.78 is 37.2. The SMILES string of the molecule is C#CC1OCCN(C(=O)OC(C)(C)C)CC1(F)F. The van der Waals surface area contributed by atoms with Gasteiger partial charge in [0.25, 0.3) is 0 Å². The number of carbonyl (C=O) groups is 1. The van der Waals surface area contributed by atoms with Gasteiger partial charge in [-0.2, -0.15) is 0 Å². The van der Waals surface area contributed by atoms with E-state index in [2.05, 4.69) is 0 Å². The summed E-state index contributed by atoms with van der Waals surface area (Å²) in [6, 6.07) is 0. The summed E-state index contributed by atoms with van der Waals surface area (Å²) in [6.45, 7) is 4.20. The zero-order valence-corrected chi connectivity index (χ0v) is 10.7. The first-order valence-corrected chi connectivity index (χ1v) is 5.59. The number of alkyl halides is 2. The monoisotopic (exact) mass is 261 g/mol. The van der Waals surface area contributed by atoms with Crippen LogP contribution in [0.4, 0.5) is 13.6 Å². The molecule has 18 heavy (non-hydrogen) atoms. The molecule has 0 aromatic rings. The average Bonchev–Trinajstić information content (AvgIpc) is 2.33. The number of hydrogen-bond donors (Lipinski definition) is 0. The molecule has 0 bridgehead atoms. The largest absolute Gasteiger partial charge is 0.444 e. The molecule has 1 atom stereocenters. The summed E-state index contributed by atoms with van der Waals surface area (Å²) in [5.41, 5.74) is -0.731. The van der Waals surface area contributed by atoms with Crippen LogP contribution < -0.4 is 0 Å². The Hall–Kier alpha value is -1.35. The van der Waals surface area contributed by atoms with Crippen LogP contribution >= 0.6 is 0 Å². The summed E-state index contributed by atoms with van der Waals surface area (Å²) in [5.74, 6) is -1.38. The van der Waals surface area contributed by atoms with Crippen LogP contribution in [0.1, 0.15) is 20.8 Å². The molecule has 0 spiro atoms. The third kappa shape index (κ3) is 3.84. The van der Waals surface area contributed by atoms with Gasteiger partial charge in [0, 0.05) is 6.54 Å². The Morgan fingerprint density at radius 3 is 2.67 bits per heavy atom. The maximum atomic E-state index is 13.7. The Morgan fingerprint density at radius 2 is 2.17 bits per heavy atom. The number of terminal acetylenes is 1. The van der Waals surface area contributed by atoms with E-state index >= 15 is 0 Å². The minimum Gasteiger partial charge on any atom is -0.444 e. The van der Waals surface area contributed by atoms with Crippen molar-refractivity contribution in [1.29, 1.82) is 0 Å². The smallest absolute Gasteiger partial charge is 0.410 e. The Morgan fingerprint density at radius 1 is 1.56 bits per heavy atom. The predicted molar refractivity (Wildman–Crippen MR) is 61.3 cm³/mol. The van der Waals surface area contributed by atoms with Gasteiger partial charge in [0.2, 0.25) is 0 Å². The van der Waals surface area contributed by atoms with Crippen LogP contribution in [0, 0.1) is 12.3 Å². The molecular formula is C12H17F2NO3. The minimum absolute atomic E-state index is 0.0304. The lowest BCUT2D eigenvalue weighted by Crippen LogP contribution is -2.46. The second-order valence-corrected chi connectivity index (χ2v) is 5.08. The zero-order valence-electron chi connectivity index (χ0n) is 10.7. The first-order chi connectivity index (χ1) is 8.15. The van der Waals surface area contributed by atoms with E-state index in [9.17, 15) is 13.6 Å². The molecule has 6 heteroatoms. The van der Waals surface area contributed by atoms with Crippen molar-refractivity contribution in [3.05, 3.63) is 0 Å². The van der Waals surface area contributed by atoms with Gasteiger partial charge in [-0.1, -0.05) is 5.92 Å². The fourth-order valence-corrected chi connectivity index (χ4v) is 1.47. The molecule has 1 fully saturated rings. The first kappa shape index (κ1) is 14.7. The lowest BCUT2D eigenvalue weighted by atomic mass is 10.2. The molecule has 0 radical (unpaired) electrons. The number of nitrogens with zero attached hydrogens (tertiary/aromatic N) is 1. The van der Waals surface area contributed by atoms with E-state index in [1.54, 1.807) is 20.8 Å². The van der Waals surface area contributed by atoms with E-state index in [0.29, 0.717) is 0 Å². The number of hydrogen-bond acceptors (Lipinski definition) is 3. The predicted octanol–water partition coefficient (Wildman–Crippen LogP) is 1.89. The van der Waals surface area contributed by atoms with Crippen molar-refractivity contribution in [2.75, 3.05) is 19.7 Å². The minimum atomic E-state index is -3.28. The molecule has 1 heterocycles. The van der Waals surface area contributed by atoms with Crippen LogP contribution in [0.15, 0.2) is 0 Å². The quantitative estimate of drug-likeness (QED) is 0.625. The lowest BCUT2D eigenvalue weighted by molar-refractivity contribution is -0.101. The molecule has 1 saturated heterocycles. The molecule has 1 aliphatic heterocycles. The summed E-state index contributed by atoms with van der Waals surface area (Å²) in [7, 11) is 0. The molecule has 1 amide bonds. The standard InChI is InChI=1S/C12H17F2NO3/c1-5-9-12(13,14)8-15(6-7-17-9)10(16)18-11(2,3)4/h1,9H,6-8H2,2-4H3. The Bertz CT molecular complexity index is 357. The van der Waals surface area contributed by atoms with Crippen molar-refractivity contribution in [3.8, 4) is 12.3 Å². The van der Waals surface area contributed by atoms with Crippen LogP contribution in [-0.2, 0) is 9.47 Å².